The molecule has 10 N–H and O–H groups in total. The van der Waals surface area contributed by atoms with Crippen LogP contribution in [0.3, 0.4) is 0 Å². The highest BCUT2D eigenvalue weighted by Crippen LogP contribution is 2.10. The maximum Gasteiger partial charge on any atom is 0.326 e. The Morgan fingerprint density at radius 1 is 0.794 bits per heavy atom. The summed E-state index contributed by atoms with van der Waals surface area (Å²) >= 11 is 0. The maximum atomic E-state index is 12.8. The van der Waals surface area contributed by atoms with Gasteiger partial charge in [0.1, 0.15) is 18.1 Å². The van der Waals surface area contributed by atoms with Crippen LogP contribution in [0.25, 0.3) is 0 Å². The number of hydrogen-bond donors (Lipinski definition) is 8. The van der Waals surface area contributed by atoms with Crippen molar-refractivity contribution in [2.45, 2.75) is 70.1 Å². The number of carboxylic acids is 3. The van der Waals surface area contributed by atoms with E-state index in [2.05, 4.69) is 10.6 Å². The number of rotatable bonds is 16. The van der Waals surface area contributed by atoms with Gasteiger partial charge in [0.05, 0.1) is 18.9 Å². The molecule has 0 radical (unpaired) electrons. The van der Waals surface area contributed by atoms with Crippen LogP contribution in [0.2, 0.25) is 0 Å². The van der Waals surface area contributed by atoms with Gasteiger partial charge in [-0.25, -0.2) is 4.79 Å². The van der Waals surface area contributed by atoms with Crippen LogP contribution in [0, 0.1) is 5.92 Å². The van der Waals surface area contributed by atoms with Gasteiger partial charge >= 0.3 is 17.9 Å². The Bertz CT molecular complexity index is 802. The fourth-order valence-electron chi connectivity index (χ4n) is 2.70. The minimum Gasteiger partial charge on any atom is -0.481 e. The van der Waals surface area contributed by atoms with E-state index in [0.29, 0.717) is 6.42 Å². The Hall–Kier alpha value is -3.75. The van der Waals surface area contributed by atoms with Gasteiger partial charge in [-0.1, -0.05) is 20.3 Å². The van der Waals surface area contributed by atoms with Gasteiger partial charge in [0.25, 0.3) is 0 Å². The Labute approximate surface area is 194 Å². The predicted molar refractivity (Wildman–Crippen MR) is 114 cm³/mol. The number of primary amides is 1. The summed E-state index contributed by atoms with van der Waals surface area (Å²) in [6, 6.07) is -6.06. The summed E-state index contributed by atoms with van der Waals surface area (Å²) in [6.07, 6.45) is -1.99. The first-order chi connectivity index (χ1) is 15.7. The van der Waals surface area contributed by atoms with Crippen LogP contribution in [-0.4, -0.2) is 81.0 Å². The molecule has 5 atom stereocenters. The third-order valence-electron chi connectivity index (χ3n) is 4.83. The Kier molecular flexibility index (Phi) is 12.8. The zero-order chi connectivity index (χ0) is 26.6. The molecule has 4 amide bonds. The van der Waals surface area contributed by atoms with Gasteiger partial charge < -0.3 is 42.7 Å². The molecule has 0 aromatic rings. The minimum absolute atomic E-state index is 0.358. The second-order valence-electron chi connectivity index (χ2n) is 7.64. The molecule has 0 heterocycles. The molecule has 5 unspecified atom stereocenters. The lowest BCUT2D eigenvalue weighted by Gasteiger charge is -2.27. The zero-order valence-electron chi connectivity index (χ0n) is 18.8. The Morgan fingerprint density at radius 2 is 1.32 bits per heavy atom. The summed E-state index contributed by atoms with van der Waals surface area (Å²) in [5, 5.41) is 33.6. The van der Waals surface area contributed by atoms with Crippen molar-refractivity contribution in [3.63, 3.8) is 0 Å². The van der Waals surface area contributed by atoms with Crippen LogP contribution in [0.1, 0.15) is 46.0 Å². The first-order valence-corrected chi connectivity index (χ1v) is 10.3. The first kappa shape index (κ1) is 30.2. The van der Waals surface area contributed by atoms with Crippen molar-refractivity contribution >= 4 is 41.5 Å². The Balaban J connectivity index is 5.59. The standard InChI is InChI=1S/C19H31N5O10/c1-3-8(2)15(24-16(30)9(20)6-13(26)27)18(32)23-11(7-14(28)29)17(31)22-10(19(33)34)4-5-12(21)25/h8-11,15H,3-7,20H2,1-2H3,(H2,21,25)(H,22,31)(H,23,32)(H,24,30)(H,26,27)(H,28,29)(H,33,34). The fraction of sp³-hybridized carbons (Fsp3) is 0.632. The van der Waals surface area contributed by atoms with Gasteiger partial charge in [0, 0.05) is 6.42 Å². The normalized spacial score (nSPS) is 15.0. The number of hydrogen-bond acceptors (Lipinski definition) is 8. The fourth-order valence-corrected chi connectivity index (χ4v) is 2.70. The number of amides is 4. The molecule has 15 heteroatoms. The minimum atomic E-state index is -1.73. The summed E-state index contributed by atoms with van der Waals surface area (Å²) in [5.41, 5.74) is 10.5. The van der Waals surface area contributed by atoms with E-state index in [4.69, 9.17) is 21.7 Å². The van der Waals surface area contributed by atoms with Crippen molar-refractivity contribution in [1.29, 1.82) is 0 Å². The monoisotopic (exact) mass is 489 g/mol. The highest BCUT2D eigenvalue weighted by atomic mass is 16.4. The molecular formula is C19H31N5O10. The van der Waals surface area contributed by atoms with Crippen molar-refractivity contribution in [2.24, 2.45) is 17.4 Å². The summed E-state index contributed by atoms with van der Waals surface area (Å²) in [5.74, 6) is -8.74. The van der Waals surface area contributed by atoms with Crippen LogP contribution in [-0.2, 0) is 33.6 Å². The lowest BCUT2D eigenvalue weighted by molar-refractivity contribution is -0.144. The molecule has 0 aliphatic carbocycles. The van der Waals surface area contributed by atoms with Crippen molar-refractivity contribution in [3.8, 4) is 0 Å². The average Bonchev–Trinajstić information content (AvgIpc) is 2.72. The third-order valence-corrected chi connectivity index (χ3v) is 4.83. The smallest absolute Gasteiger partial charge is 0.326 e. The van der Waals surface area contributed by atoms with Gasteiger partial charge in [-0.15, -0.1) is 0 Å². The van der Waals surface area contributed by atoms with Crippen molar-refractivity contribution in [3.05, 3.63) is 0 Å². The molecule has 0 aromatic heterocycles. The van der Waals surface area contributed by atoms with E-state index in [9.17, 15) is 38.7 Å². The number of nitrogens with one attached hydrogen (secondary N) is 3. The summed E-state index contributed by atoms with van der Waals surface area (Å²) in [6.45, 7) is 3.26. The molecule has 0 saturated heterocycles. The molecule has 0 rings (SSSR count). The van der Waals surface area contributed by atoms with Crippen molar-refractivity contribution in [2.75, 3.05) is 0 Å². The second-order valence-corrected chi connectivity index (χ2v) is 7.64. The molecule has 0 fully saturated rings. The first-order valence-electron chi connectivity index (χ1n) is 10.3. The average molecular weight is 489 g/mol. The van der Waals surface area contributed by atoms with Gasteiger partial charge in [-0.05, 0) is 12.3 Å². The molecule has 0 aromatic carbocycles. The van der Waals surface area contributed by atoms with Gasteiger partial charge in [-0.2, -0.15) is 0 Å². The quantitative estimate of drug-likeness (QED) is 0.109. The topological polar surface area (TPSA) is 268 Å². The molecular weight excluding hydrogens is 458 g/mol. The summed E-state index contributed by atoms with van der Waals surface area (Å²) < 4.78 is 0. The molecule has 0 saturated carbocycles. The van der Waals surface area contributed by atoms with Crippen LogP contribution >= 0.6 is 0 Å². The summed E-state index contributed by atoms with van der Waals surface area (Å²) in [4.78, 5) is 81.8. The van der Waals surface area contributed by atoms with E-state index in [1.807, 2.05) is 5.32 Å². The van der Waals surface area contributed by atoms with Gasteiger partial charge in [0.15, 0.2) is 0 Å². The summed E-state index contributed by atoms with van der Waals surface area (Å²) in [7, 11) is 0. The van der Waals surface area contributed by atoms with E-state index in [1.165, 1.54) is 0 Å². The number of carboxylic acid groups (broad SMARTS) is 3. The van der Waals surface area contributed by atoms with E-state index >= 15 is 0 Å². The molecule has 0 aliphatic heterocycles. The molecule has 34 heavy (non-hydrogen) atoms. The van der Waals surface area contributed by atoms with Crippen LogP contribution < -0.4 is 27.4 Å². The van der Waals surface area contributed by atoms with Crippen LogP contribution in [0.5, 0.6) is 0 Å². The Morgan fingerprint density at radius 3 is 1.76 bits per heavy atom. The van der Waals surface area contributed by atoms with Crippen LogP contribution in [0.15, 0.2) is 0 Å². The van der Waals surface area contributed by atoms with Gasteiger partial charge in [-0.3, -0.25) is 28.8 Å². The number of nitrogens with two attached hydrogens (primary N) is 2. The molecule has 192 valence electrons. The van der Waals surface area contributed by atoms with E-state index < -0.39 is 84.5 Å². The number of carbonyl (C=O) groups is 7. The largest absolute Gasteiger partial charge is 0.481 e. The van der Waals surface area contributed by atoms with Crippen molar-refractivity contribution in [1.82, 2.24) is 16.0 Å². The highest BCUT2D eigenvalue weighted by Gasteiger charge is 2.33. The van der Waals surface area contributed by atoms with Crippen molar-refractivity contribution < 1.29 is 48.9 Å². The maximum absolute atomic E-state index is 12.8. The SMILES string of the molecule is CCC(C)C(NC(=O)C(N)CC(=O)O)C(=O)NC(CC(=O)O)C(=O)NC(CCC(N)=O)C(=O)O. The third kappa shape index (κ3) is 11.2. The van der Waals surface area contributed by atoms with E-state index in [1.54, 1.807) is 13.8 Å². The lowest BCUT2D eigenvalue weighted by Crippen LogP contribution is -2.59. The van der Waals surface area contributed by atoms with E-state index in [-0.39, 0.29) is 12.8 Å². The number of carbonyl (C=O) groups excluding carboxylic acids is 4. The zero-order valence-corrected chi connectivity index (χ0v) is 18.8. The van der Waals surface area contributed by atoms with E-state index in [0.717, 1.165) is 0 Å². The molecule has 0 bridgehead atoms. The van der Waals surface area contributed by atoms with Gasteiger partial charge in [0.2, 0.25) is 23.6 Å². The molecule has 0 spiro atoms. The molecule has 0 aliphatic rings. The number of aliphatic carboxylic acids is 3. The predicted octanol–water partition coefficient (Wildman–Crippen LogP) is -2.89. The second kappa shape index (κ2) is 14.4. The molecule has 15 nitrogen and oxygen atoms in total. The highest BCUT2D eigenvalue weighted by molar-refractivity contribution is 5.96. The lowest BCUT2D eigenvalue weighted by atomic mass is 9.97. The van der Waals surface area contributed by atoms with Crippen LogP contribution in [0.4, 0.5) is 0 Å².